The maximum Gasteiger partial charge on any atom is 0.168 e. The molecule has 2 saturated carbocycles. The minimum absolute atomic E-state index is 0.0161. The van der Waals surface area contributed by atoms with Gasteiger partial charge in [-0.3, -0.25) is 0 Å². The van der Waals surface area contributed by atoms with Crippen LogP contribution in [-0.2, 0) is 0 Å². The maximum atomic E-state index is 15.1. The van der Waals surface area contributed by atoms with Crippen LogP contribution in [0.25, 0.3) is 0 Å². The summed E-state index contributed by atoms with van der Waals surface area (Å²) in [6.45, 7) is 4.78. The number of hydrogen-bond donors (Lipinski definition) is 0. The molecule has 190 valence electrons. The van der Waals surface area contributed by atoms with E-state index in [1.807, 2.05) is 26.0 Å². The first-order valence-corrected chi connectivity index (χ1v) is 13.2. The number of allylic oxidation sites excluding steroid dienone is 2. The SMILES string of the molecule is C/C=C/C1CCC(c2ccc(C3CCC(COc4ccc(OCC)cc4F)CC3)c(F)c2F)CC1. The smallest absolute Gasteiger partial charge is 0.168 e. The van der Waals surface area contributed by atoms with Gasteiger partial charge in [0.15, 0.2) is 23.2 Å². The van der Waals surface area contributed by atoms with E-state index in [0.29, 0.717) is 36.0 Å². The van der Waals surface area contributed by atoms with Crippen molar-refractivity contribution in [1.29, 1.82) is 0 Å². The lowest BCUT2D eigenvalue weighted by molar-refractivity contribution is 0.193. The fourth-order valence-corrected chi connectivity index (χ4v) is 5.81. The zero-order valence-electron chi connectivity index (χ0n) is 20.9. The zero-order valence-corrected chi connectivity index (χ0v) is 20.9. The lowest BCUT2D eigenvalue weighted by atomic mass is 9.76. The van der Waals surface area contributed by atoms with Crippen LogP contribution in [0.5, 0.6) is 11.5 Å². The van der Waals surface area contributed by atoms with E-state index in [0.717, 1.165) is 51.4 Å². The average molecular weight is 487 g/mol. The predicted octanol–water partition coefficient (Wildman–Crippen LogP) is 8.71. The van der Waals surface area contributed by atoms with Gasteiger partial charge in [-0.05, 0) is 112 Å². The van der Waals surface area contributed by atoms with Crippen molar-refractivity contribution in [2.24, 2.45) is 11.8 Å². The first kappa shape index (κ1) is 25.7. The zero-order chi connectivity index (χ0) is 24.8. The van der Waals surface area contributed by atoms with Crippen LogP contribution < -0.4 is 9.47 Å². The van der Waals surface area contributed by atoms with Gasteiger partial charge in [0.25, 0.3) is 0 Å². The lowest BCUT2D eigenvalue weighted by Gasteiger charge is -2.30. The molecule has 2 aliphatic rings. The second-order valence-corrected chi connectivity index (χ2v) is 10.1. The Morgan fingerprint density at radius 2 is 1.40 bits per heavy atom. The third-order valence-corrected chi connectivity index (χ3v) is 7.79. The van der Waals surface area contributed by atoms with Crippen molar-refractivity contribution in [2.45, 2.75) is 77.0 Å². The molecule has 0 aromatic heterocycles. The van der Waals surface area contributed by atoms with Gasteiger partial charge in [0.2, 0.25) is 0 Å². The molecule has 2 aliphatic carbocycles. The van der Waals surface area contributed by atoms with Crippen molar-refractivity contribution < 1.29 is 22.6 Å². The fourth-order valence-electron chi connectivity index (χ4n) is 5.81. The number of rotatable bonds is 8. The fraction of sp³-hybridized carbons (Fsp3) is 0.533. The summed E-state index contributed by atoms with van der Waals surface area (Å²) in [5, 5.41) is 0. The molecule has 2 aromatic rings. The van der Waals surface area contributed by atoms with Gasteiger partial charge in [-0.1, -0.05) is 24.3 Å². The minimum Gasteiger partial charge on any atom is -0.494 e. The molecule has 4 rings (SSSR count). The van der Waals surface area contributed by atoms with Crippen LogP contribution in [0, 0.1) is 29.3 Å². The molecule has 0 spiro atoms. The van der Waals surface area contributed by atoms with Crippen molar-refractivity contribution in [3.63, 3.8) is 0 Å². The quantitative estimate of drug-likeness (QED) is 0.347. The highest BCUT2D eigenvalue weighted by Gasteiger charge is 2.29. The average Bonchev–Trinajstić information content (AvgIpc) is 2.87. The van der Waals surface area contributed by atoms with Crippen LogP contribution in [0.15, 0.2) is 42.5 Å². The Morgan fingerprint density at radius 1 is 0.800 bits per heavy atom. The second-order valence-electron chi connectivity index (χ2n) is 10.1. The molecule has 0 radical (unpaired) electrons. The Kier molecular flexibility index (Phi) is 8.80. The minimum atomic E-state index is -0.658. The molecular weight excluding hydrogens is 449 g/mol. The standard InChI is InChI=1S/C30H37F3O2/c1-3-5-20-6-10-22(11-7-20)25-15-16-26(30(33)29(25)32)23-12-8-21(9-13-23)19-35-28-17-14-24(34-4-2)18-27(28)31/h3,5,14-18,20-23H,4,6-13,19H2,1-2H3/b5-3+. The topological polar surface area (TPSA) is 18.5 Å². The summed E-state index contributed by atoms with van der Waals surface area (Å²) in [6.07, 6.45) is 11.5. The number of halogens is 3. The summed E-state index contributed by atoms with van der Waals surface area (Å²) in [6, 6.07) is 8.29. The normalized spacial score (nSPS) is 25.1. The summed E-state index contributed by atoms with van der Waals surface area (Å²) in [4.78, 5) is 0. The molecule has 0 N–H and O–H groups in total. The largest absolute Gasteiger partial charge is 0.494 e. The molecule has 0 aliphatic heterocycles. The van der Waals surface area contributed by atoms with Crippen molar-refractivity contribution >= 4 is 0 Å². The molecule has 0 heterocycles. The second kappa shape index (κ2) is 12.0. The molecule has 5 heteroatoms. The van der Waals surface area contributed by atoms with Gasteiger partial charge >= 0.3 is 0 Å². The highest BCUT2D eigenvalue weighted by atomic mass is 19.2. The molecule has 2 nitrogen and oxygen atoms in total. The highest BCUT2D eigenvalue weighted by Crippen LogP contribution is 2.41. The Bertz CT molecular complexity index is 1000. The van der Waals surface area contributed by atoms with E-state index in [2.05, 4.69) is 12.2 Å². The molecule has 0 atom stereocenters. The van der Waals surface area contributed by atoms with E-state index in [-0.39, 0.29) is 23.5 Å². The van der Waals surface area contributed by atoms with E-state index in [1.54, 1.807) is 12.1 Å². The summed E-state index contributed by atoms with van der Waals surface area (Å²) in [7, 11) is 0. The van der Waals surface area contributed by atoms with Crippen molar-refractivity contribution in [3.05, 3.63) is 71.1 Å². The monoisotopic (exact) mass is 486 g/mol. The molecule has 2 aromatic carbocycles. The predicted molar refractivity (Wildman–Crippen MR) is 134 cm³/mol. The van der Waals surface area contributed by atoms with E-state index in [9.17, 15) is 4.39 Å². The molecule has 2 fully saturated rings. The van der Waals surface area contributed by atoms with Gasteiger partial charge in [-0.15, -0.1) is 0 Å². The van der Waals surface area contributed by atoms with Gasteiger partial charge in [-0.2, -0.15) is 0 Å². The van der Waals surface area contributed by atoms with Gasteiger partial charge in [0.1, 0.15) is 5.75 Å². The number of hydrogen-bond acceptors (Lipinski definition) is 2. The number of ether oxygens (including phenoxy) is 2. The molecule has 0 unspecified atom stereocenters. The van der Waals surface area contributed by atoms with Crippen LogP contribution in [-0.4, -0.2) is 13.2 Å². The van der Waals surface area contributed by atoms with Crippen LogP contribution >= 0.6 is 0 Å². The first-order chi connectivity index (χ1) is 17.0. The lowest BCUT2D eigenvalue weighted by Crippen LogP contribution is -2.20. The summed E-state index contributed by atoms with van der Waals surface area (Å²) >= 11 is 0. The molecular formula is C30H37F3O2. The summed E-state index contributed by atoms with van der Waals surface area (Å²) in [5.41, 5.74) is 1.05. The Morgan fingerprint density at radius 3 is 1.94 bits per heavy atom. The Labute approximate surface area is 207 Å². The van der Waals surface area contributed by atoms with E-state index >= 15 is 8.78 Å². The Hall–Kier alpha value is -2.43. The summed E-state index contributed by atoms with van der Waals surface area (Å²) in [5.74, 6) is -0.0672. The highest BCUT2D eigenvalue weighted by molar-refractivity contribution is 5.33. The molecule has 0 bridgehead atoms. The van der Waals surface area contributed by atoms with Crippen molar-refractivity contribution in [1.82, 2.24) is 0 Å². The maximum absolute atomic E-state index is 15.1. The first-order valence-electron chi connectivity index (χ1n) is 13.2. The Balaban J connectivity index is 1.31. The van der Waals surface area contributed by atoms with Crippen LogP contribution in [0.1, 0.15) is 88.2 Å². The van der Waals surface area contributed by atoms with Gasteiger partial charge < -0.3 is 9.47 Å². The third kappa shape index (κ3) is 6.23. The van der Waals surface area contributed by atoms with Gasteiger partial charge in [0.05, 0.1) is 13.2 Å². The van der Waals surface area contributed by atoms with Gasteiger partial charge in [-0.25, -0.2) is 13.2 Å². The molecule has 0 amide bonds. The summed E-state index contributed by atoms with van der Waals surface area (Å²) < 4.78 is 55.5. The molecule has 0 saturated heterocycles. The van der Waals surface area contributed by atoms with Crippen molar-refractivity contribution in [2.75, 3.05) is 13.2 Å². The van der Waals surface area contributed by atoms with Gasteiger partial charge in [0, 0.05) is 6.07 Å². The third-order valence-electron chi connectivity index (χ3n) is 7.79. The van der Waals surface area contributed by atoms with Crippen molar-refractivity contribution in [3.8, 4) is 11.5 Å². The van der Waals surface area contributed by atoms with E-state index in [4.69, 9.17) is 9.47 Å². The number of benzene rings is 2. The van der Waals surface area contributed by atoms with E-state index < -0.39 is 17.5 Å². The van der Waals surface area contributed by atoms with Crippen LogP contribution in [0.2, 0.25) is 0 Å². The van der Waals surface area contributed by atoms with Crippen LogP contribution in [0.3, 0.4) is 0 Å². The van der Waals surface area contributed by atoms with Crippen LogP contribution in [0.4, 0.5) is 13.2 Å². The molecule has 35 heavy (non-hydrogen) atoms. The van der Waals surface area contributed by atoms with E-state index in [1.165, 1.54) is 6.07 Å².